The van der Waals surface area contributed by atoms with Gasteiger partial charge in [0.15, 0.2) is 0 Å². The molecule has 0 spiro atoms. The molecule has 19 heavy (non-hydrogen) atoms. The fourth-order valence-electron chi connectivity index (χ4n) is 2.27. The Balaban J connectivity index is 1.79. The molecule has 0 aliphatic heterocycles. The molecule has 1 aliphatic rings. The molecule has 0 bridgehead atoms. The normalized spacial score (nSPS) is 21.9. The molecular formula is C13H14N4O2. The fraction of sp³-hybridized carbons (Fsp3) is 0.231. The van der Waals surface area contributed by atoms with Gasteiger partial charge in [-0.2, -0.15) is 0 Å². The Bertz CT molecular complexity index is 713. The number of nitrogens with one attached hydrogen (secondary N) is 3. The molecule has 1 aliphatic carbocycles. The summed E-state index contributed by atoms with van der Waals surface area (Å²) >= 11 is 0. The van der Waals surface area contributed by atoms with E-state index in [0.29, 0.717) is 23.1 Å². The third kappa shape index (κ3) is 2.30. The highest BCUT2D eigenvalue weighted by Crippen LogP contribution is 2.20. The van der Waals surface area contributed by atoms with Crippen LogP contribution in [0.5, 0.6) is 0 Å². The molecule has 98 valence electrons. The monoisotopic (exact) mass is 258 g/mol. The Labute approximate surface area is 108 Å². The van der Waals surface area contributed by atoms with E-state index < -0.39 is 0 Å². The number of rotatable bonds is 2. The number of carbonyl (C=O) groups is 1. The van der Waals surface area contributed by atoms with Gasteiger partial charge in [0, 0.05) is 11.7 Å². The molecule has 0 saturated heterocycles. The average Bonchev–Trinajstić information content (AvgIpc) is 2.93. The Hall–Kier alpha value is -2.34. The molecule has 1 aromatic carbocycles. The van der Waals surface area contributed by atoms with Gasteiger partial charge >= 0.3 is 5.69 Å². The van der Waals surface area contributed by atoms with Gasteiger partial charge in [-0.25, -0.2) is 4.79 Å². The Kier molecular flexibility index (Phi) is 2.72. The van der Waals surface area contributed by atoms with E-state index >= 15 is 0 Å². The summed E-state index contributed by atoms with van der Waals surface area (Å²) in [6, 6.07) is 5.19. The zero-order chi connectivity index (χ0) is 13.4. The molecule has 0 fully saturated rings. The zero-order valence-electron chi connectivity index (χ0n) is 10.1. The maximum absolute atomic E-state index is 12.0. The van der Waals surface area contributed by atoms with Crippen LogP contribution in [0.2, 0.25) is 0 Å². The fourth-order valence-corrected chi connectivity index (χ4v) is 2.27. The highest BCUT2D eigenvalue weighted by Gasteiger charge is 2.22. The van der Waals surface area contributed by atoms with Gasteiger partial charge in [-0.05, 0) is 24.6 Å². The molecule has 3 rings (SSSR count). The minimum Gasteiger partial charge on any atom is -0.326 e. The molecule has 0 saturated carbocycles. The maximum Gasteiger partial charge on any atom is 0.323 e. The van der Waals surface area contributed by atoms with Crippen molar-refractivity contribution in [1.82, 2.24) is 9.97 Å². The van der Waals surface area contributed by atoms with Crippen molar-refractivity contribution in [3.8, 4) is 0 Å². The summed E-state index contributed by atoms with van der Waals surface area (Å²) in [5, 5.41) is 2.82. The first kappa shape index (κ1) is 11.7. The van der Waals surface area contributed by atoms with Gasteiger partial charge in [-0.3, -0.25) is 4.79 Å². The minimum atomic E-state index is -0.261. The molecule has 2 aromatic rings. The first-order valence-corrected chi connectivity index (χ1v) is 6.08. The number of hydrogen-bond donors (Lipinski definition) is 4. The molecule has 5 N–H and O–H groups in total. The predicted octanol–water partition coefficient (Wildman–Crippen LogP) is 0.698. The zero-order valence-corrected chi connectivity index (χ0v) is 10.1. The third-order valence-electron chi connectivity index (χ3n) is 3.24. The Morgan fingerprint density at radius 1 is 1.26 bits per heavy atom. The van der Waals surface area contributed by atoms with Crippen LogP contribution >= 0.6 is 0 Å². The van der Waals surface area contributed by atoms with Gasteiger partial charge in [0.25, 0.3) is 0 Å². The van der Waals surface area contributed by atoms with E-state index in [1.807, 2.05) is 12.2 Å². The molecule has 1 aromatic heterocycles. The van der Waals surface area contributed by atoms with Crippen molar-refractivity contribution in [3.63, 3.8) is 0 Å². The van der Waals surface area contributed by atoms with Gasteiger partial charge in [0.1, 0.15) is 0 Å². The van der Waals surface area contributed by atoms with E-state index in [-0.39, 0.29) is 23.6 Å². The van der Waals surface area contributed by atoms with E-state index in [2.05, 4.69) is 15.3 Å². The van der Waals surface area contributed by atoms with Crippen molar-refractivity contribution in [2.45, 2.75) is 12.5 Å². The van der Waals surface area contributed by atoms with E-state index in [0.717, 1.165) is 0 Å². The Morgan fingerprint density at radius 2 is 2.05 bits per heavy atom. The number of fused-ring (bicyclic) bond motifs is 1. The Morgan fingerprint density at radius 3 is 2.79 bits per heavy atom. The lowest BCUT2D eigenvalue weighted by molar-refractivity contribution is -0.118. The second kappa shape index (κ2) is 4.40. The first-order valence-electron chi connectivity index (χ1n) is 6.08. The van der Waals surface area contributed by atoms with Crippen molar-refractivity contribution < 1.29 is 4.79 Å². The van der Waals surface area contributed by atoms with Crippen LogP contribution in [0.15, 0.2) is 35.1 Å². The standard InChI is InChI=1S/C13H14N4O2/c14-8-2-1-7(5-8)12(18)15-9-3-4-10-11(6-9)17-13(19)16-10/h1-4,6-8H,5,14H2,(H,15,18)(H2,16,17,19). The van der Waals surface area contributed by atoms with Crippen molar-refractivity contribution in [3.05, 3.63) is 40.8 Å². The SMILES string of the molecule is NC1C=CC(C(=O)Nc2ccc3[nH]c(=O)[nH]c3c2)C1. The number of hydrogen-bond acceptors (Lipinski definition) is 3. The lowest BCUT2D eigenvalue weighted by Gasteiger charge is -2.10. The number of anilines is 1. The van der Waals surface area contributed by atoms with Crippen molar-refractivity contribution in [2.75, 3.05) is 5.32 Å². The van der Waals surface area contributed by atoms with Gasteiger partial charge in [0.05, 0.1) is 17.0 Å². The highest BCUT2D eigenvalue weighted by molar-refractivity contribution is 5.95. The van der Waals surface area contributed by atoms with Gasteiger partial charge in [-0.15, -0.1) is 0 Å². The number of benzene rings is 1. The molecule has 6 nitrogen and oxygen atoms in total. The topological polar surface area (TPSA) is 104 Å². The van der Waals surface area contributed by atoms with Crippen LogP contribution < -0.4 is 16.7 Å². The summed E-state index contributed by atoms with van der Waals surface area (Å²) in [6.07, 6.45) is 4.31. The molecule has 6 heteroatoms. The highest BCUT2D eigenvalue weighted by atomic mass is 16.2. The lowest BCUT2D eigenvalue weighted by atomic mass is 10.1. The maximum atomic E-state index is 12.0. The van der Waals surface area contributed by atoms with E-state index in [1.165, 1.54) is 0 Å². The second-order valence-electron chi connectivity index (χ2n) is 4.72. The summed E-state index contributed by atoms with van der Waals surface area (Å²) in [6.45, 7) is 0. The number of amides is 1. The number of aromatic nitrogens is 2. The van der Waals surface area contributed by atoms with Crippen LogP contribution in [-0.2, 0) is 4.79 Å². The number of H-pyrrole nitrogens is 2. The molecular weight excluding hydrogens is 244 g/mol. The molecule has 1 amide bonds. The van der Waals surface area contributed by atoms with Crippen LogP contribution in [0.1, 0.15) is 6.42 Å². The van der Waals surface area contributed by atoms with E-state index in [4.69, 9.17) is 5.73 Å². The van der Waals surface area contributed by atoms with Gasteiger partial charge in [0.2, 0.25) is 5.91 Å². The molecule has 2 unspecified atom stereocenters. The van der Waals surface area contributed by atoms with Crippen LogP contribution in [-0.4, -0.2) is 21.9 Å². The van der Waals surface area contributed by atoms with Crippen molar-refractivity contribution in [1.29, 1.82) is 0 Å². The number of nitrogens with two attached hydrogens (primary N) is 1. The predicted molar refractivity (Wildman–Crippen MR) is 72.8 cm³/mol. The van der Waals surface area contributed by atoms with Crippen molar-refractivity contribution >= 4 is 22.6 Å². The summed E-state index contributed by atoms with van der Waals surface area (Å²) in [7, 11) is 0. The van der Waals surface area contributed by atoms with E-state index in [9.17, 15) is 9.59 Å². The van der Waals surface area contributed by atoms with Crippen molar-refractivity contribution in [2.24, 2.45) is 11.7 Å². The van der Waals surface area contributed by atoms with Crippen LogP contribution in [0, 0.1) is 5.92 Å². The van der Waals surface area contributed by atoms with E-state index in [1.54, 1.807) is 18.2 Å². The number of carbonyl (C=O) groups excluding carboxylic acids is 1. The van der Waals surface area contributed by atoms with Crippen LogP contribution in [0.4, 0.5) is 5.69 Å². The van der Waals surface area contributed by atoms with Crippen LogP contribution in [0.3, 0.4) is 0 Å². The first-order chi connectivity index (χ1) is 9.11. The molecule has 2 atom stereocenters. The quantitative estimate of drug-likeness (QED) is 0.596. The number of aromatic amines is 2. The largest absolute Gasteiger partial charge is 0.326 e. The minimum absolute atomic E-state index is 0.0424. The summed E-state index contributed by atoms with van der Waals surface area (Å²) in [5.74, 6) is -0.266. The van der Waals surface area contributed by atoms with Gasteiger partial charge in [-0.1, -0.05) is 12.2 Å². The average molecular weight is 258 g/mol. The molecule has 0 radical (unpaired) electrons. The van der Waals surface area contributed by atoms with Gasteiger partial charge < -0.3 is 21.0 Å². The summed E-state index contributed by atoms with van der Waals surface area (Å²) < 4.78 is 0. The number of imidazole rings is 1. The third-order valence-corrected chi connectivity index (χ3v) is 3.24. The van der Waals surface area contributed by atoms with Crippen LogP contribution in [0.25, 0.3) is 11.0 Å². The molecule has 1 heterocycles. The lowest BCUT2D eigenvalue weighted by Crippen LogP contribution is -2.23. The summed E-state index contributed by atoms with van der Waals surface area (Å²) in [5.41, 5.74) is 7.50. The second-order valence-corrected chi connectivity index (χ2v) is 4.72. The smallest absolute Gasteiger partial charge is 0.323 e. The summed E-state index contributed by atoms with van der Waals surface area (Å²) in [4.78, 5) is 28.5.